The van der Waals surface area contributed by atoms with Crippen molar-refractivity contribution >= 4 is 33.6 Å². The van der Waals surface area contributed by atoms with E-state index in [0.717, 1.165) is 46.7 Å². The Morgan fingerprint density at radius 1 is 1.19 bits per heavy atom. The highest BCUT2D eigenvalue weighted by molar-refractivity contribution is 6.08. The fraction of sp³-hybridized carbons (Fsp3) is 0.333. The van der Waals surface area contributed by atoms with Crippen LogP contribution in [0.25, 0.3) is 21.7 Å². The molecular formula is C21H22N2O3. The van der Waals surface area contributed by atoms with Crippen LogP contribution in [0.1, 0.15) is 35.4 Å². The number of furan rings is 1. The van der Waals surface area contributed by atoms with Crippen molar-refractivity contribution in [1.29, 1.82) is 0 Å². The van der Waals surface area contributed by atoms with E-state index < -0.39 is 0 Å². The molecule has 1 aliphatic heterocycles. The minimum atomic E-state index is -0.199. The fourth-order valence-corrected chi connectivity index (χ4v) is 3.66. The van der Waals surface area contributed by atoms with Gasteiger partial charge in [-0.2, -0.15) is 0 Å². The highest BCUT2D eigenvalue weighted by Gasteiger charge is 2.20. The van der Waals surface area contributed by atoms with Crippen LogP contribution in [0.3, 0.4) is 0 Å². The van der Waals surface area contributed by atoms with E-state index in [-0.39, 0.29) is 11.8 Å². The van der Waals surface area contributed by atoms with Gasteiger partial charge in [0.15, 0.2) is 5.76 Å². The van der Waals surface area contributed by atoms with Gasteiger partial charge in [-0.15, -0.1) is 0 Å². The van der Waals surface area contributed by atoms with Crippen LogP contribution in [0.4, 0.5) is 0 Å². The third-order valence-corrected chi connectivity index (χ3v) is 5.10. The minimum absolute atomic E-state index is 0.199. The molecule has 1 aromatic heterocycles. The number of carbonyl (C=O) groups excluding carboxylic acids is 2. The lowest BCUT2D eigenvalue weighted by Gasteiger charge is -2.15. The van der Waals surface area contributed by atoms with Crippen molar-refractivity contribution in [2.24, 2.45) is 0 Å². The summed E-state index contributed by atoms with van der Waals surface area (Å²) in [4.78, 5) is 26.0. The molecule has 4 rings (SSSR count). The van der Waals surface area contributed by atoms with Gasteiger partial charge in [-0.05, 0) is 25.2 Å². The molecule has 134 valence electrons. The van der Waals surface area contributed by atoms with Crippen LogP contribution >= 0.6 is 0 Å². The normalized spacial score (nSPS) is 14.5. The number of nitrogens with one attached hydrogen (secondary N) is 1. The first-order valence-corrected chi connectivity index (χ1v) is 9.12. The Bertz CT molecular complexity index is 989. The summed E-state index contributed by atoms with van der Waals surface area (Å²) < 4.78 is 5.94. The predicted molar refractivity (Wildman–Crippen MR) is 101 cm³/mol. The molecular weight excluding hydrogens is 328 g/mol. The van der Waals surface area contributed by atoms with Crippen LogP contribution in [-0.4, -0.2) is 36.3 Å². The third-order valence-electron chi connectivity index (χ3n) is 5.10. The highest BCUT2D eigenvalue weighted by Crippen LogP contribution is 2.31. The van der Waals surface area contributed by atoms with E-state index in [4.69, 9.17) is 4.42 Å². The van der Waals surface area contributed by atoms with E-state index in [1.54, 1.807) is 0 Å². The second kappa shape index (κ2) is 6.83. The van der Waals surface area contributed by atoms with Crippen molar-refractivity contribution < 1.29 is 14.0 Å². The van der Waals surface area contributed by atoms with Gasteiger partial charge in [0.05, 0.1) is 0 Å². The molecule has 2 heterocycles. The first-order chi connectivity index (χ1) is 12.6. The van der Waals surface area contributed by atoms with Crippen LogP contribution in [0, 0.1) is 6.92 Å². The number of benzene rings is 2. The summed E-state index contributed by atoms with van der Waals surface area (Å²) in [7, 11) is 0. The lowest BCUT2D eigenvalue weighted by atomic mass is 10.1. The third kappa shape index (κ3) is 2.94. The largest absolute Gasteiger partial charge is 0.450 e. The summed E-state index contributed by atoms with van der Waals surface area (Å²) in [6.07, 6.45) is 2.34. The summed E-state index contributed by atoms with van der Waals surface area (Å²) in [5.41, 5.74) is 1.62. The maximum absolute atomic E-state index is 12.5. The Labute approximate surface area is 152 Å². The molecule has 0 atom stereocenters. The molecule has 5 heteroatoms. The second-order valence-corrected chi connectivity index (χ2v) is 6.81. The molecule has 26 heavy (non-hydrogen) atoms. The maximum Gasteiger partial charge on any atom is 0.287 e. The fourth-order valence-electron chi connectivity index (χ4n) is 3.66. The van der Waals surface area contributed by atoms with Gasteiger partial charge in [-0.1, -0.05) is 36.4 Å². The smallest absolute Gasteiger partial charge is 0.287 e. The number of hydrogen-bond donors (Lipinski definition) is 1. The number of nitrogens with zero attached hydrogens (tertiary/aromatic N) is 1. The first-order valence-electron chi connectivity index (χ1n) is 9.12. The van der Waals surface area contributed by atoms with Crippen molar-refractivity contribution in [2.45, 2.75) is 26.2 Å². The van der Waals surface area contributed by atoms with E-state index in [2.05, 4.69) is 11.4 Å². The van der Waals surface area contributed by atoms with Crippen LogP contribution < -0.4 is 5.32 Å². The van der Waals surface area contributed by atoms with Crippen molar-refractivity contribution in [3.05, 3.63) is 47.7 Å². The van der Waals surface area contributed by atoms with Crippen molar-refractivity contribution in [1.82, 2.24) is 10.2 Å². The summed E-state index contributed by atoms with van der Waals surface area (Å²) in [6, 6.07) is 12.1. The van der Waals surface area contributed by atoms with E-state index in [9.17, 15) is 9.59 Å². The maximum atomic E-state index is 12.5. The standard InChI is InChI=1S/C21H22N2O3/c1-14-16-10-9-15-6-2-3-7-17(15)20(16)26-19(14)21(25)22-11-5-13-23-12-4-8-18(23)24/h2-3,6-7,9-10H,4-5,8,11-13H2,1H3,(H,22,25). The van der Waals surface area contributed by atoms with E-state index in [1.807, 2.05) is 42.2 Å². The molecule has 3 aromatic rings. The Morgan fingerprint density at radius 2 is 2.04 bits per heavy atom. The quantitative estimate of drug-likeness (QED) is 0.715. The number of amides is 2. The number of likely N-dealkylation sites (tertiary alicyclic amines) is 1. The van der Waals surface area contributed by atoms with Gasteiger partial charge in [0.2, 0.25) is 5.91 Å². The van der Waals surface area contributed by atoms with Gasteiger partial charge in [-0.25, -0.2) is 0 Å². The zero-order valence-electron chi connectivity index (χ0n) is 14.9. The van der Waals surface area contributed by atoms with Crippen LogP contribution in [0.2, 0.25) is 0 Å². The molecule has 2 aromatic carbocycles. The molecule has 5 nitrogen and oxygen atoms in total. The van der Waals surface area contributed by atoms with Gasteiger partial charge in [0.1, 0.15) is 5.58 Å². The van der Waals surface area contributed by atoms with Crippen LogP contribution in [0.5, 0.6) is 0 Å². The molecule has 2 amide bonds. The molecule has 0 unspecified atom stereocenters. The summed E-state index contributed by atoms with van der Waals surface area (Å²) in [5.74, 6) is 0.389. The molecule has 0 saturated carbocycles. The Morgan fingerprint density at radius 3 is 2.85 bits per heavy atom. The summed E-state index contributed by atoms with van der Waals surface area (Å²) in [5, 5.41) is 5.99. The number of aryl methyl sites for hydroxylation is 1. The predicted octanol–water partition coefficient (Wildman–Crippen LogP) is 3.64. The first kappa shape index (κ1) is 16.6. The van der Waals surface area contributed by atoms with Crippen molar-refractivity contribution in [3.63, 3.8) is 0 Å². The molecule has 1 fully saturated rings. The van der Waals surface area contributed by atoms with E-state index >= 15 is 0 Å². The average molecular weight is 350 g/mol. The Balaban J connectivity index is 1.47. The monoisotopic (exact) mass is 350 g/mol. The molecule has 1 saturated heterocycles. The molecule has 0 radical (unpaired) electrons. The van der Waals surface area contributed by atoms with Crippen LogP contribution in [0.15, 0.2) is 40.8 Å². The molecule has 0 spiro atoms. The number of carbonyl (C=O) groups is 2. The Hall–Kier alpha value is -2.82. The highest BCUT2D eigenvalue weighted by atomic mass is 16.3. The SMILES string of the molecule is Cc1c(C(=O)NCCCN2CCCC2=O)oc2c1ccc1ccccc12. The van der Waals surface area contributed by atoms with Gasteiger partial charge in [0.25, 0.3) is 5.91 Å². The van der Waals surface area contributed by atoms with Gasteiger partial charge in [-0.3, -0.25) is 9.59 Å². The molecule has 0 bridgehead atoms. The zero-order chi connectivity index (χ0) is 18.1. The second-order valence-electron chi connectivity index (χ2n) is 6.81. The van der Waals surface area contributed by atoms with Crippen molar-refractivity contribution in [2.75, 3.05) is 19.6 Å². The number of fused-ring (bicyclic) bond motifs is 3. The van der Waals surface area contributed by atoms with Gasteiger partial charge < -0.3 is 14.6 Å². The summed E-state index contributed by atoms with van der Waals surface area (Å²) >= 11 is 0. The molecule has 0 aliphatic carbocycles. The van der Waals surface area contributed by atoms with Crippen LogP contribution in [-0.2, 0) is 4.79 Å². The molecule has 1 N–H and O–H groups in total. The van der Waals surface area contributed by atoms with E-state index in [0.29, 0.717) is 25.3 Å². The number of hydrogen-bond acceptors (Lipinski definition) is 3. The van der Waals surface area contributed by atoms with E-state index in [1.165, 1.54) is 0 Å². The van der Waals surface area contributed by atoms with Gasteiger partial charge in [0, 0.05) is 42.4 Å². The minimum Gasteiger partial charge on any atom is -0.450 e. The Kier molecular flexibility index (Phi) is 4.37. The molecule has 1 aliphatic rings. The van der Waals surface area contributed by atoms with Crippen molar-refractivity contribution in [3.8, 4) is 0 Å². The van der Waals surface area contributed by atoms with Gasteiger partial charge >= 0.3 is 0 Å². The number of rotatable bonds is 5. The zero-order valence-corrected chi connectivity index (χ0v) is 14.9. The lowest BCUT2D eigenvalue weighted by Crippen LogP contribution is -2.30. The lowest BCUT2D eigenvalue weighted by molar-refractivity contribution is -0.127. The average Bonchev–Trinajstić information content (AvgIpc) is 3.22. The summed E-state index contributed by atoms with van der Waals surface area (Å²) in [6.45, 7) is 3.98. The topological polar surface area (TPSA) is 62.6 Å².